The van der Waals surface area contributed by atoms with Crippen LogP contribution in [0.15, 0.2) is 52.1 Å². The van der Waals surface area contributed by atoms with Crippen LogP contribution in [0.2, 0.25) is 0 Å². The molecular formula is C20H19BrN4O3S. The highest BCUT2D eigenvalue weighted by Gasteiger charge is 2.18. The van der Waals surface area contributed by atoms with Gasteiger partial charge in [-0.3, -0.25) is 9.89 Å². The summed E-state index contributed by atoms with van der Waals surface area (Å²) in [6, 6.07) is 13.5. The van der Waals surface area contributed by atoms with Gasteiger partial charge < -0.3 is 14.4 Å². The Morgan fingerprint density at radius 3 is 2.90 bits per heavy atom. The summed E-state index contributed by atoms with van der Waals surface area (Å²) in [4.78, 5) is 19.0. The summed E-state index contributed by atoms with van der Waals surface area (Å²) in [7, 11) is 0. The maximum atomic E-state index is 12.7. The van der Waals surface area contributed by atoms with E-state index < -0.39 is 0 Å². The van der Waals surface area contributed by atoms with Crippen LogP contribution in [0.5, 0.6) is 11.5 Å². The molecule has 1 aromatic heterocycles. The van der Waals surface area contributed by atoms with E-state index in [1.807, 2.05) is 49.4 Å². The molecule has 1 aliphatic heterocycles. The lowest BCUT2D eigenvalue weighted by Gasteiger charge is -2.20. The number of fused-ring (bicyclic) bond motifs is 1. The van der Waals surface area contributed by atoms with E-state index >= 15 is 0 Å². The smallest absolute Gasteiger partial charge is 0.233 e. The summed E-state index contributed by atoms with van der Waals surface area (Å²) in [5, 5.41) is 7.69. The van der Waals surface area contributed by atoms with Crippen LogP contribution in [0.4, 0.5) is 0 Å². The number of H-pyrrole nitrogens is 1. The number of thioether (sulfide) groups is 1. The molecule has 0 aliphatic carbocycles. The van der Waals surface area contributed by atoms with E-state index in [2.05, 4.69) is 31.1 Å². The number of aromatic amines is 1. The average molecular weight is 475 g/mol. The third-order valence-electron chi connectivity index (χ3n) is 4.46. The van der Waals surface area contributed by atoms with Crippen molar-refractivity contribution < 1.29 is 14.3 Å². The van der Waals surface area contributed by atoms with Gasteiger partial charge in [-0.05, 0) is 30.7 Å². The number of carbonyl (C=O) groups excluding carboxylic acids is 1. The number of nitrogens with one attached hydrogen (secondary N) is 1. The highest BCUT2D eigenvalue weighted by Crippen LogP contribution is 2.33. The Balaban J connectivity index is 1.36. The van der Waals surface area contributed by atoms with Crippen molar-refractivity contribution in [3.63, 3.8) is 0 Å². The number of aromatic nitrogens is 3. The van der Waals surface area contributed by atoms with Crippen LogP contribution in [-0.2, 0) is 11.3 Å². The van der Waals surface area contributed by atoms with Gasteiger partial charge in [-0.15, -0.1) is 5.10 Å². The van der Waals surface area contributed by atoms with Crippen LogP contribution in [-0.4, -0.2) is 45.1 Å². The molecular weight excluding hydrogens is 456 g/mol. The zero-order chi connectivity index (χ0) is 20.2. The summed E-state index contributed by atoms with van der Waals surface area (Å²) in [5.41, 5.74) is 1.93. The Hall–Kier alpha value is -2.52. The van der Waals surface area contributed by atoms with E-state index in [1.165, 1.54) is 11.8 Å². The molecule has 2 aromatic carbocycles. The van der Waals surface area contributed by atoms with Crippen molar-refractivity contribution in [3.8, 4) is 22.9 Å². The van der Waals surface area contributed by atoms with Crippen LogP contribution in [0, 0.1) is 0 Å². The van der Waals surface area contributed by atoms with Gasteiger partial charge in [-0.25, -0.2) is 4.98 Å². The van der Waals surface area contributed by atoms with E-state index in [0.717, 1.165) is 27.1 Å². The lowest BCUT2D eigenvalue weighted by Crippen LogP contribution is -2.31. The third kappa shape index (κ3) is 4.56. The van der Waals surface area contributed by atoms with Crippen molar-refractivity contribution in [1.82, 2.24) is 20.1 Å². The lowest BCUT2D eigenvalue weighted by atomic mass is 10.2. The number of halogens is 1. The van der Waals surface area contributed by atoms with E-state index in [9.17, 15) is 4.79 Å². The highest BCUT2D eigenvalue weighted by atomic mass is 79.9. The first-order valence-corrected chi connectivity index (χ1v) is 10.9. The Kier molecular flexibility index (Phi) is 6.05. The van der Waals surface area contributed by atoms with Gasteiger partial charge in [0.05, 0.1) is 5.75 Å². The van der Waals surface area contributed by atoms with Crippen molar-refractivity contribution in [1.29, 1.82) is 0 Å². The quantitative estimate of drug-likeness (QED) is 0.519. The van der Waals surface area contributed by atoms with Crippen molar-refractivity contribution >= 4 is 33.6 Å². The first-order valence-electron chi connectivity index (χ1n) is 9.10. The van der Waals surface area contributed by atoms with E-state index in [0.29, 0.717) is 24.1 Å². The molecule has 0 unspecified atom stereocenters. The monoisotopic (exact) mass is 474 g/mol. The Morgan fingerprint density at radius 2 is 2.07 bits per heavy atom. The number of nitrogens with zero attached hydrogens (tertiary/aromatic N) is 3. The molecule has 0 fully saturated rings. The first kappa shape index (κ1) is 19.8. The second-order valence-corrected chi connectivity index (χ2v) is 8.13. The third-order valence-corrected chi connectivity index (χ3v) is 5.99. The zero-order valence-corrected chi connectivity index (χ0v) is 18.1. The fourth-order valence-electron chi connectivity index (χ4n) is 2.94. The molecule has 0 atom stereocenters. The second-order valence-electron chi connectivity index (χ2n) is 6.33. The number of benzene rings is 2. The number of ether oxygens (including phenoxy) is 2. The summed E-state index contributed by atoms with van der Waals surface area (Å²) >= 11 is 4.83. The van der Waals surface area contributed by atoms with Crippen molar-refractivity contribution in [3.05, 3.63) is 52.5 Å². The van der Waals surface area contributed by atoms with Crippen LogP contribution in [0.3, 0.4) is 0 Å². The maximum absolute atomic E-state index is 12.7. The fourth-order valence-corrected chi connectivity index (χ4v) is 4.11. The van der Waals surface area contributed by atoms with Gasteiger partial charge in [0.15, 0.2) is 17.3 Å². The number of rotatable bonds is 7. The summed E-state index contributed by atoms with van der Waals surface area (Å²) in [6.07, 6.45) is 0. The lowest BCUT2D eigenvalue weighted by molar-refractivity contribution is -0.128. The van der Waals surface area contributed by atoms with E-state index in [1.54, 1.807) is 4.90 Å². The number of hydrogen-bond donors (Lipinski definition) is 1. The number of amides is 1. The largest absolute Gasteiger partial charge is 0.454 e. The minimum Gasteiger partial charge on any atom is -0.454 e. The number of hydrogen-bond acceptors (Lipinski definition) is 6. The molecule has 29 heavy (non-hydrogen) atoms. The highest BCUT2D eigenvalue weighted by molar-refractivity contribution is 9.10. The minimum absolute atomic E-state index is 0.0300. The van der Waals surface area contributed by atoms with Crippen molar-refractivity contribution in [2.45, 2.75) is 18.6 Å². The van der Waals surface area contributed by atoms with Gasteiger partial charge in [0, 0.05) is 23.1 Å². The molecule has 1 aliphatic rings. The molecule has 150 valence electrons. The van der Waals surface area contributed by atoms with Crippen LogP contribution < -0.4 is 9.47 Å². The number of carbonyl (C=O) groups is 1. The van der Waals surface area contributed by atoms with E-state index in [-0.39, 0.29) is 18.5 Å². The summed E-state index contributed by atoms with van der Waals surface area (Å²) < 4.78 is 11.7. The summed E-state index contributed by atoms with van der Waals surface area (Å²) in [6.45, 7) is 3.34. The zero-order valence-electron chi connectivity index (χ0n) is 15.7. The molecule has 0 saturated carbocycles. The molecule has 1 amide bonds. The van der Waals surface area contributed by atoms with Gasteiger partial charge in [0.2, 0.25) is 17.9 Å². The van der Waals surface area contributed by atoms with Crippen LogP contribution in [0.25, 0.3) is 11.4 Å². The molecule has 7 nitrogen and oxygen atoms in total. The normalized spacial score (nSPS) is 12.2. The molecule has 0 spiro atoms. The predicted octanol–water partition coefficient (Wildman–Crippen LogP) is 4.10. The molecule has 0 radical (unpaired) electrons. The van der Waals surface area contributed by atoms with Crippen LogP contribution in [0.1, 0.15) is 12.5 Å². The Labute approximate surface area is 180 Å². The maximum Gasteiger partial charge on any atom is 0.233 e. The molecule has 2 heterocycles. The SMILES string of the molecule is CCN(Cc1ccc2c(c1)OCO2)C(=O)CSc1n[nH]c(-c2ccccc2Br)n1. The average Bonchev–Trinajstić information content (AvgIpc) is 3.39. The van der Waals surface area contributed by atoms with Crippen molar-refractivity contribution in [2.24, 2.45) is 0 Å². The van der Waals surface area contributed by atoms with Gasteiger partial charge in [-0.1, -0.05) is 52.0 Å². The predicted molar refractivity (Wildman–Crippen MR) is 114 cm³/mol. The molecule has 9 heteroatoms. The molecule has 3 aromatic rings. The topological polar surface area (TPSA) is 80.3 Å². The molecule has 0 saturated heterocycles. The van der Waals surface area contributed by atoms with Crippen molar-refractivity contribution in [2.75, 3.05) is 19.1 Å². The van der Waals surface area contributed by atoms with Gasteiger partial charge in [0.1, 0.15) is 0 Å². The molecule has 4 rings (SSSR count). The van der Waals surface area contributed by atoms with E-state index in [4.69, 9.17) is 9.47 Å². The first-order chi connectivity index (χ1) is 14.1. The Bertz CT molecular complexity index is 1030. The molecule has 0 bridgehead atoms. The minimum atomic E-state index is 0.0300. The fraction of sp³-hybridized carbons (Fsp3) is 0.250. The van der Waals surface area contributed by atoms with Gasteiger partial charge >= 0.3 is 0 Å². The van der Waals surface area contributed by atoms with Crippen LogP contribution >= 0.6 is 27.7 Å². The van der Waals surface area contributed by atoms with Gasteiger partial charge in [0.25, 0.3) is 0 Å². The Morgan fingerprint density at radius 1 is 1.24 bits per heavy atom. The summed E-state index contributed by atoms with van der Waals surface area (Å²) in [5.74, 6) is 2.43. The molecule has 1 N–H and O–H groups in total. The standard InChI is InChI=1S/C20H19BrN4O3S/c1-2-25(10-13-7-8-16-17(9-13)28-12-27-16)18(26)11-29-20-22-19(23-24-20)14-5-3-4-6-15(14)21/h3-9H,2,10-12H2,1H3,(H,22,23,24). The van der Waals surface area contributed by atoms with Gasteiger partial charge in [-0.2, -0.15) is 0 Å². The second kappa shape index (κ2) is 8.87.